The van der Waals surface area contributed by atoms with Crippen LogP contribution in [-0.4, -0.2) is 16.8 Å². The van der Waals surface area contributed by atoms with Gasteiger partial charge in [0.05, 0.1) is 6.20 Å². The summed E-state index contributed by atoms with van der Waals surface area (Å²) in [6, 6.07) is 23.9. The van der Waals surface area contributed by atoms with E-state index < -0.39 is 0 Å². The minimum Gasteiger partial charge on any atom is -0.489 e. The maximum absolute atomic E-state index is 12.6. The highest BCUT2D eigenvalue weighted by Gasteiger charge is 2.14. The van der Waals surface area contributed by atoms with Gasteiger partial charge in [-0.15, -0.1) is 0 Å². The zero-order valence-electron chi connectivity index (χ0n) is 17.4. The zero-order valence-corrected chi connectivity index (χ0v) is 19.0. The van der Waals surface area contributed by atoms with Crippen LogP contribution in [0.1, 0.15) is 25.6 Å². The minimum absolute atomic E-state index is 0.312. The third-order valence-electron chi connectivity index (χ3n) is 4.54. The van der Waals surface area contributed by atoms with Crippen LogP contribution in [0.15, 0.2) is 90.0 Å². The van der Waals surface area contributed by atoms with Gasteiger partial charge in [-0.1, -0.05) is 47.7 Å². The average Bonchev–Trinajstić information content (AvgIpc) is 3.32. The Kier molecular flexibility index (Phi) is 7.36. The van der Waals surface area contributed by atoms with Crippen molar-refractivity contribution in [1.29, 1.82) is 0 Å². The van der Waals surface area contributed by atoms with Crippen LogP contribution in [0.5, 0.6) is 5.75 Å². The van der Waals surface area contributed by atoms with Gasteiger partial charge in [0.2, 0.25) is 0 Å². The summed E-state index contributed by atoms with van der Waals surface area (Å²) in [6.07, 6.45) is 1.43. The number of thiazole rings is 1. The van der Waals surface area contributed by atoms with Crippen molar-refractivity contribution in [2.24, 2.45) is 5.14 Å². The molecule has 0 unspecified atom stereocenters. The lowest BCUT2D eigenvalue weighted by atomic mass is 10.2. The first-order valence-corrected chi connectivity index (χ1v) is 11.6. The van der Waals surface area contributed by atoms with Crippen molar-refractivity contribution in [2.75, 3.05) is 10.6 Å². The molecule has 1 heterocycles. The van der Waals surface area contributed by atoms with Gasteiger partial charge < -0.3 is 10.1 Å². The summed E-state index contributed by atoms with van der Waals surface area (Å²) >= 11 is 2.20. The van der Waals surface area contributed by atoms with Crippen molar-refractivity contribution in [1.82, 2.24) is 4.98 Å². The predicted octanol–water partition coefficient (Wildman–Crippen LogP) is 5.19. The molecule has 1 aromatic heterocycles. The number of anilines is 2. The van der Waals surface area contributed by atoms with E-state index in [0.29, 0.717) is 33.6 Å². The molecule has 9 heteroatoms. The Bertz CT molecular complexity index is 1240. The number of ether oxygens (including phenoxy) is 1. The number of hydrogen-bond acceptors (Lipinski definition) is 7. The van der Waals surface area contributed by atoms with Gasteiger partial charge >= 0.3 is 0 Å². The molecular weight excluding hydrogens is 456 g/mol. The van der Waals surface area contributed by atoms with Crippen LogP contribution in [0.25, 0.3) is 0 Å². The van der Waals surface area contributed by atoms with Crippen LogP contribution in [0.3, 0.4) is 0 Å². The van der Waals surface area contributed by atoms with E-state index in [0.717, 1.165) is 33.7 Å². The van der Waals surface area contributed by atoms with E-state index in [1.165, 1.54) is 6.20 Å². The second-order valence-corrected chi connectivity index (χ2v) is 8.62. The summed E-state index contributed by atoms with van der Waals surface area (Å²) in [5, 5.41) is 11.4. The Hall–Kier alpha value is -3.66. The fourth-order valence-electron chi connectivity index (χ4n) is 2.89. The number of aromatic nitrogens is 1. The molecule has 0 saturated carbocycles. The fourth-order valence-corrected chi connectivity index (χ4v) is 3.89. The lowest BCUT2D eigenvalue weighted by molar-refractivity contribution is 0.102. The van der Waals surface area contributed by atoms with Gasteiger partial charge in [-0.3, -0.25) is 20.0 Å². The van der Waals surface area contributed by atoms with E-state index >= 15 is 0 Å². The highest BCUT2D eigenvalue weighted by Crippen LogP contribution is 2.23. The molecule has 4 N–H and O–H groups in total. The molecule has 0 fully saturated rings. The second-order valence-electron chi connectivity index (χ2n) is 6.88. The Morgan fingerprint density at radius 3 is 2.48 bits per heavy atom. The Labute approximate surface area is 199 Å². The minimum atomic E-state index is -0.322. The Morgan fingerprint density at radius 2 is 1.73 bits per heavy atom. The summed E-state index contributed by atoms with van der Waals surface area (Å²) in [5.74, 6) is 0.0126. The summed E-state index contributed by atoms with van der Waals surface area (Å²) in [5.41, 5.74) is 2.13. The summed E-state index contributed by atoms with van der Waals surface area (Å²) in [7, 11) is 0. The molecule has 0 aliphatic heterocycles. The molecule has 166 valence electrons. The number of nitrogens with zero attached hydrogens (tertiary/aromatic N) is 1. The maximum atomic E-state index is 12.6. The van der Waals surface area contributed by atoms with Gasteiger partial charge in [-0.05, 0) is 53.9 Å². The van der Waals surface area contributed by atoms with E-state index in [1.54, 1.807) is 36.4 Å². The molecular formula is C24H20N4O3S2. The van der Waals surface area contributed by atoms with Crippen LogP contribution in [-0.2, 0) is 6.61 Å². The number of carbonyl (C=O) groups excluding carboxylic acids is 2. The summed E-state index contributed by atoms with van der Waals surface area (Å²) in [4.78, 5) is 30.4. The number of rotatable bonds is 8. The third-order valence-corrected chi connectivity index (χ3v) is 6.00. The van der Waals surface area contributed by atoms with Crippen molar-refractivity contribution < 1.29 is 14.3 Å². The van der Waals surface area contributed by atoms with Gasteiger partial charge in [-0.25, -0.2) is 4.98 Å². The molecule has 0 aliphatic carbocycles. The van der Waals surface area contributed by atoms with E-state index in [4.69, 9.17) is 9.88 Å². The predicted molar refractivity (Wildman–Crippen MR) is 132 cm³/mol. The monoisotopic (exact) mass is 476 g/mol. The van der Waals surface area contributed by atoms with Crippen LogP contribution < -0.4 is 20.5 Å². The number of carbonyl (C=O) groups is 2. The number of nitrogens with two attached hydrogens (primary N) is 1. The molecule has 33 heavy (non-hydrogen) atoms. The van der Waals surface area contributed by atoms with E-state index in [-0.39, 0.29) is 11.8 Å². The van der Waals surface area contributed by atoms with Crippen molar-refractivity contribution in [3.63, 3.8) is 0 Å². The largest absolute Gasteiger partial charge is 0.489 e. The average molecular weight is 477 g/mol. The quantitative estimate of drug-likeness (QED) is 0.302. The smallest absolute Gasteiger partial charge is 0.267 e. The normalized spacial score (nSPS) is 10.5. The van der Waals surface area contributed by atoms with Crippen LogP contribution >= 0.6 is 23.3 Å². The maximum Gasteiger partial charge on any atom is 0.267 e. The number of benzene rings is 3. The molecule has 2 amide bonds. The molecule has 0 atom stereocenters. The van der Waals surface area contributed by atoms with Gasteiger partial charge in [0, 0.05) is 22.2 Å². The first-order valence-electron chi connectivity index (χ1n) is 9.93. The summed E-state index contributed by atoms with van der Waals surface area (Å²) in [6.45, 7) is 0.434. The molecule has 7 nitrogen and oxygen atoms in total. The zero-order chi connectivity index (χ0) is 23.0. The molecule has 0 aliphatic rings. The highest BCUT2D eigenvalue weighted by atomic mass is 32.2. The van der Waals surface area contributed by atoms with Gasteiger partial charge in [0.15, 0.2) is 5.13 Å². The van der Waals surface area contributed by atoms with Crippen molar-refractivity contribution in [3.8, 4) is 5.75 Å². The topological polar surface area (TPSA) is 106 Å². The lowest BCUT2D eigenvalue weighted by Crippen LogP contribution is -2.11. The van der Waals surface area contributed by atoms with Gasteiger partial charge in [-0.2, -0.15) is 0 Å². The molecule has 3 aromatic carbocycles. The van der Waals surface area contributed by atoms with Gasteiger partial charge in [0.25, 0.3) is 11.8 Å². The van der Waals surface area contributed by atoms with Crippen LogP contribution in [0.2, 0.25) is 0 Å². The lowest BCUT2D eigenvalue weighted by Gasteiger charge is -2.09. The first-order chi connectivity index (χ1) is 16.1. The Balaban J connectivity index is 1.35. The molecule has 0 saturated heterocycles. The van der Waals surface area contributed by atoms with E-state index in [9.17, 15) is 9.59 Å². The summed E-state index contributed by atoms with van der Waals surface area (Å²) < 4.78 is 5.81. The first kappa shape index (κ1) is 22.5. The Morgan fingerprint density at radius 1 is 0.939 bits per heavy atom. The number of hydrogen-bond donors (Lipinski definition) is 3. The fraction of sp³-hybridized carbons (Fsp3) is 0.0417. The molecule has 0 spiro atoms. The highest BCUT2D eigenvalue weighted by molar-refractivity contribution is 7.97. The van der Waals surface area contributed by atoms with Crippen LogP contribution in [0.4, 0.5) is 10.8 Å². The molecule has 0 radical (unpaired) electrons. The SMILES string of the molecule is NSc1ccc(C(=O)Nc2ncc(C(=O)Nc3cccc(OCc4ccccc4)c3)s2)cc1. The molecule has 4 rings (SSSR count). The van der Waals surface area contributed by atoms with Crippen LogP contribution in [0, 0.1) is 0 Å². The standard InChI is InChI=1S/C24H20N4O3S2/c25-33-20-11-9-17(10-12-20)22(29)28-24-26-14-21(32-24)23(30)27-18-7-4-8-19(13-18)31-15-16-5-2-1-3-6-16/h1-14H,15,25H2,(H,27,30)(H,26,28,29). The van der Waals surface area contributed by atoms with Crippen molar-refractivity contribution >= 4 is 45.9 Å². The van der Waals surface area contributed by atoms with Crippen molar-refractivity contribution in [2.45, 2.75) is 11.5 Å². The van der Waals surface area contributed by atoms with Crippen molar-refractivity contribution in [3.05, 3.63) is 101 Å². The van der Waals surface area contributed by atoms with E-state index in [1.807, 2.05) is 42.5 Å². The molecule has 4 aromatic rings. The second kappa shape index (κ2) is 10.8. The number of amides is 2. The number of nitrogens with one attached hydrogen (secondary N) is 2. The van der Waals surface area contributed by atoms with E-state index in [2.05, 4.69) is 15.6 Å². The van der Waals surface area contributed by atoms with Gasteiger partial charge in [0.1, 0.15) is 17.2 Å². The third kappa shape index (κ3) is 6.19. The molecule has 0 bridgehead atoms.